The molecule has 1 aromatic rings. The molecule has 1 rings (SSSR count). The van der Waals surface area contributed by atoms with Crippen molar-refractivity contribution in [2.75, 3.05) is 5.33 Å². The molecule has 1 aromatic carbocycles. The van der Waals surface area contributed by atoms with Crippen LogP contribution in [-0.4, -0.2) is 5.33 Å². The Morgan fingerprint density at radius 1 is 1.08 bits per heavy atom. The van der Waals surface area contributed by atoms with Crippen LogP contribution in [0, 0.1) is 0 Å². The van der Waals surface area contributed by atoms with Crippen LogP contribution in [0.1, 0.15) is 32.3 Å². The molecule has 0 aliphatic carbocycles. The number of halogens is 1. The van der Waals surface area contributed by atoms with Gasteiger partial charge < -0.3 is 0 Å². The van der Waals surface area contributed by atoms with Crippen molar-refractivity contribution in [3.05, 3.63) is 35.9 Å². The van der Waals surface area contributed by atoms with Crippen molar-refractivity contribution >= 4 is 15.9 Å². The molecule has 0 aliphatic heterocycles. The number of rotatable bonds is 3. The summed E-state index contributed by atoms with van der Waals surface area (Å²) < 4.78 is 0. The first-order valence-electron chi connectivity index (χ1n) is 4.95. The van der Waals surface area contributed by atoms with E-state index < -0.39 is 0 Å². The van der Waals surface area contributed by atoms with Crippen LogP contribution in [0.5, 0.6) is 0 Å². The number of hydrogen-bond acceptors (Lipinski definition) is 0. The number of alkyl halides is 1. The van der Waals surface area contributed by atoms with Gasteiger partial charge in [-0.25, -0.2) is 0 Å². The zero-order valence-electron chi connectivity index (χ0n) is 8.59. The van der Waals surface area contributed by atoms with Crippen molar-refractivity contribution in [1.29, 1.82) is 0 Å². The molecule has 0 saturated heterocycles. The predicted octanol–water partition coefficient (Wildman–Crippen LogP) is 4.43. The molecule has 0 unspecified atom stereocenters. The second-order valence-electron chi connectivity index (χ2n) is 2.99. The van der Waals surface area contributed by atoms with Crippen molar-refractivity contribution in [3.8, 4) is 0 Å². The minimum absolute atomic E-state index is 1.10. The molecule has 0 amide bonds. The second-order valence-corrected chi connectivity index (χ2v) is 3.78. The van der Waals surface area contributed by atoms with Crippen LogP contribution >= 0.6 is 15.9 Å². The van der Waals surface area contributed by atoms with Gasteiger partial charge in [-0.3, -0.25) is 0 Å². The van der Waals surface area contributed by atoms with Gasteiger partial charge in [-0.2, -0.15) is 0 Å². The Hall–Kier alpha value is -0.300. The van der Waals surface area contributed by atoms with Gasteiger partial charge in [0.1, 0.15) is 0 Å². The molecule has 0 nitrogen and oxygen atoms in total. The summed E-state index contributed by atoms with van der Waals surface area (Å²) >= 11 is 3.41. The van der Waals surface area contributed by atoms with Gasteiger partial charge in [-0.15, -0.1) is 0 Å². The van der Waals surface area contributed by atoms with Gasteiger partial charge in [0.2, 0.25) is 0 Å². The van der Waals surface area contributed by atoms with Crippen LogP contribution in [0.4, 0.5) is 0 Å². The fraction of sp³-hybridized carbons (Fsp3) is 0.500. The van der Waals surface area contributed by atoms with E-state index in [4.69, 9.17) is 0 Å². The van der Waals surface area contributed by atoms with E-state index in [1.165, 1.54) is 24.8 Å². The van der Waals surface area contributed by atoms with Gasteiger partial charge in [0, 0.05) is 5.33 Å². The van der Waals surface area contributed by atoms with Crippen LogP contribution in [0.25, 0.3) is 0 Å². The zero-order chi connectivity index (χ0) is 9.94. The number of hydrogen-bond donors (Lipinski definition) is 0. The molecule has 0 heterocycles. The highest BCUT2D eigenvalue weighted by molar-refractivity contribution is 9.09. The Labute approximate surface area is 90.5 Å². The molecule has 0 saturated carbocycles. The van der Waals surface area contributed by atoms with Crippen molar-refractivity contribution in [3.63, 3.8) is 0 Å². The summed E-state index contributed by atoms with van der Waals surface area (Å²) in [6.45, 7) is 4.25. The fourth-order valence-corrected chi connectivity index (χ4v) is 1.20. The summed E-state index contributed by atoms with van der Waals surface area (Å²) in [5.41, 5.74) is 1.43. The lowest BCUT2D eigenvalue weighted by atomic mass is 10.1. The van der Waals surface area contributed by atoms with E-state index in [9.17, 15) is 0 Å². The van der Waals surface area contributed by atoms with E-state index in [2.05, 4.69) is 60.1 Å². The average molecular weight is 243 g/mol. The zero-order valence-corrected chi connectivity index (χ0v) is 10.2. The highest BCUT2D eigenvalue weighted by atomic mass is 79.9. The summed E-state index contributed by atoms with van der Waals surface area (Å²) in [6, 6.07) is 10.6. The Balaban J connectivity index is 0.000000424. The molecule has 1 heteroatoms. The maximum Gasteiger partial charge on any atom is 0.00344 e. The quantitative estimate of drug-likeness (QED) is 0.689. The third-order valence-electron chi connectivity index (χ3n) is 1.44. The SMILES string of the molecule is BrCCCc1ccccc1.CCC. The summed E-state index contributed by atoms with van der Waals surface area (Å²) in [5, 5.41) is 1.10. The molecule has 0 spiro atoms. The van der Waals surface area contributed by atoms with Gasteiger partial charge >= 0.3 is 0 Å². The van der Waals surface area contributed by atoms with Crippen LogP contribution in [-0.2, 0) is 6.42 Å². The van der Waals surface area contributed by atoms with Crippen molar-refractivity contribution in [2.45, 2.75) is 33.1 Å². The molecule has 0 radical (unpaired) electrons. The van der Waals surface area contributed by atoms with Crippen molar-refractivity contribution < 1.29 is 0 Å². The van der Waals surface area contributed by atoms with Gasteiger partial charge in [0.15, 0.2) is 0 Å². The molecule has 13 heavy (non-hydrogen) atoms. The van der Waals surface area contributed by atoms with E-state index in [0.29, 0.717) is 0 Å². The van der Waals surface area contributed by atoms with Crippen LogP contribution in [0.3, 0.4) is 0 Å². The van der Waals surface area contributed by atoms with Crippen molar-refractivity contribution in [1.82, 2.24) is 0 Å². The summed E-state index contributed by atoms with van der Waals surface area (Å²) in [5.74, 6) is 0. The summed E-state index contributed by atoms with van der Waals surface area (Å²) in [6.07, 6.45) is 3.66. The standard InChI is InChI=1S/C9H11Br.C3H8/c10-8-4-7-9-5-2-1-3-6-9;1-3-2/h1-3,5-6H,4,7-8H2;3H2,1-2H3. The largest absolute Gasteiger partial charge is 0.0928 e. The number of aryl methyl sites for hydroxylation is 1. The van der Waals surface area contributed by atoms with Gasteiger partial charge in [0.05, 0.1) is 0 Å². The molecule has 0 fully saturated rings. The first-order chi connectivity index (χ1) is 6.35. The lowest BCUT2D eigenvalue weighted by Crippen LogP contribution is -1.83. The van der Waals surface area contributed by atoms with Crippen molar-refractivity contribution in [2.24, 2.45) is 0 Å². The molecule has 74 valence electrons. The molecule has 0 bridgehead atoms. The lowest BCUT2D eigenvalue weighted by molar-refractivity contribution is 0.940. The monoisotopic (exact) mass is 242 g/mol. The highest BCUT2D eigenvalue weighted by Crippen LogP contribution is 2.02. The Kier molecular flexibility index (Phi) is 9.56. The average Bonchev–Trinajstić information content (AvgIpc) is 2.18. The first-order valence-corrected chi connectivity index (χ1v) is 6.07. The predicted molar refractivity (Wildman–Crippen MR) is 64.5 cm³/mol. The third-order valence-corrected chi connectivity index (χ3v) is 2.00. The maximum atomic E-state index is 3.41. The molecular weight excluding hydrogens is 224 g/mol. The maximum absolute atomic E-state index is 3.41. The summed E-state index contributed by atoms with van der Waals surface area (Å²) in [4.78, 5) is 0. The normalized spacial score (nSPS) is 8.85. The minimum atomic E-state index is 1.10. The number of benzene rings is 1. The van der Waals surface area contributed by atoms with Gasteiger partial charge in [-0.05, 0) is 18.4 Å². The third kappa shape index (κ3) is 8.04. The van der Waals surface area contributed by atoms with E-state index >= 15 is 0 Å². The van der Waals surface area contributed by atoms with Crippen LogP contribution in [0.2, 0.25) is 0 Å². The van der Waals surface area contributed by atoms with Crippen LogP contribution < -0.4 is 0 Å². The van der Waals surface area contributed by atoms with E-state index in [1.54, 1.807) is 0 Å². The molecule has 0 aromatic heterocycles. The second kappa shape index (κ2) is 9.79. The minimum Gasteiger partial charge on any atom is -0.0928 e. The first kappa shape index (κ1) is 12.7. The van der Waals surface area contributed by atoms with Crippen LogP contribution in [0.15, 0.2) is 30.3 Å². The topological polar surface area (TPSA) is 0 Å². The molecule has 0 N–H and O–H groups in total. The fourth-order valence-electron chi connectivity index (χ4n) is 0.916. The molecule has 0 atom stereocenters. The van der Waals surface area contributed by atoms with E-state index in [1.807, 2.05) is 0 Å². The Morgan fingerprint density at radius 2 is 1.62 bits per heavy atom. The van der Waals surface area contributed by atoms with E-state index in [0.717, 1.165) is 5.33 Å². The highest BCUT2D eigenvalue weighted by Gasteiger charge is 1.87. The molecule has 0 aliphatic rings. The smallest absolute Gasteiger partial charge is 0.00344 e. The van der Waals surface area contributed by atoms with Gasteiger partial charge in [0.25, 0.3) is 0 Å². The molecular formula is C12H19Br. The lowest BCUT2D eigenvalue weighted by Gasteiger charge is -1.95. The van der Waals surface area contributed by atoms with Gasteiger partial charge in [-0.1, -0.05) is 66.5 Å². The Morgan fingerprint density at radius 3 is 2.08 bits per heavy atom. The summed E-state index contributed by atoms with van der Waals surface area (Å²) in [7, 11) is 0. The Bertz CT molecular complexity index is 182. The van der Waals surface area contributed by atoms with E-state index in [-0.39, 0.29) is 0 Å².